The molecule has 1 aromatic heterocycles. The molecule has 0 spiro atoms. The molecule has 7 heteroatoms. The van der Waals surface area contributed by atoms with Crippen LogP contribution in [0.15, 0.2) is 12.1 Å². The summed E-state index contributed by atoms with van der Waals surface area (Å²) in [5, 5.41) is 16.9. The van der Waals surface area contributed by atoms with Crippen LogP contribution in [0.2, 0.25) is 0 Å². The molecule has 0 aliphatic carbocycles. The van der Waals surface area contributed by atoms with Gasteiger partial charge in [-0.2, -0.15) is 0 Å². The number of aliphatic hydroxyl groups excluding tert-OH is 1. The van der Waals surface area contributed by atoms with Crippen LogP contribution in [0.25, 0.3) is 11.4 Å². The van der Waals surface area contributed by atoms with Gasteiger partial charge in [0.05, 0.1) is 5.56 Å². The maximum absolute atomic E-state index is 13.8. The molecule has 1 atom stereocenters. The summed E-state index contributed by atoms with van der Waals surface area (Å²) in [4.78, 5) is 0. The highest BCUT2D eigenvalue weighted by atomic mass is 19.1. The predicted molar refractivity (Wildman–Crippen MR) is 64.2 cm³/mol. The molecule has 1 aliphatic rings. The average molecular weight is 283 g/mol. The Morgan fingerprint density at radius 2 is 1.90 bits per heavy atom. The molecule has 0 saturated carbocycles. The van der Waals surface area contributed by atoms with Gasteiger partial charge in [0, 0.05) is 37.6 Å². The molecule has 3 rings (SSSR count). The summed E-state index contributed by atoms with van der Waals surface area (Å²) in [6.45, 7) is 0.385. The maximum atomic E-state index is 13.8. The van der Waals surface area contributed by atoms with Gasteiger partial charge in [-0.1, -0.05) is 0 Å². The lowest BCUT2D eigenvalue weighted by molar-refractivity contribution is 0.191. The molecule has 0 saturated heterocycles. The SMILES string of the molecule is OCC1CCc2nnc(-c3c(F)cc(F)cc3F)n2C1. The van der Waals surface area contributed by atoms with Gasteiger partial charge in [0.25, 0.3) is 0 Å². The van der Waals surface area contributed by atoms with E-state index in [0.29, 0.717) is 30.9 Å². The van der Waals surface area contributed by atoms with E-state index in [4.69, 9.17) is 0 Å². The molecule has 1 aromatic carbocycles. The third kappa shape index (κ3) is 2.07. The summed E-state index contributed by atoms with van der Waals surface area (Å²) < 4.78 is 42.2. The number of nitrogens with zero attached hydrogens (tertiary/aromatic N) is 3. The van der Waals surface area contributed by atoms with E-state index < -0.39 is 17.5 Å². The normalized spacial score (nSPS) is 18.1. The van der Waals surface area contributed by atoms with Crippen LogP contribution < -0.4 is 0 Å². The molecule has 4 nitrogen and oxygen atoms in total. The lowest BCUT2D eigenvalue weighted by Crippen LogP contribution is -2.23. The molecule has 20 heavy (non-hydrogen) atoms. The highest BCUT2D eigenvalue weighted by Crippen LogP contribution is 2.29. The number of aryl methyl sites for hydroxylation is 1. The van der Waals surface area contributed by atoms with Crippen molar-refractivity contribution in [2.24, 2.45) is 5.92 Å². The zero-order chi connectivity index (χ0) is 14.3. The van der Waals surface area contributed by atoms with E-state index in [9.17, 15) is 18.3 Å². The summed E-state index contributed by atoms with van der Waals surface area (Å²) >= 11 is 0. The average Bonchev–Trinajstić information content (AvgIpc) is 2.80. The summed E-state index contributed by atoms with van der Waals surface area (Å²) in [5.74, 6) is -2.34. The number of halogens is 3. The van der Waals surface area contributed by atoms with Gasteiger partial charge in [-0.05, 0) is 6.42 Å². The fourth-order valence-corrected chi connectivity index (χ4v) is 2.48. The monoisotopic (exact) mass is 283 g/mol. The summed E-state index contributed by atoms with van der Waals surface area (Å²) in [6.07, 6.45) is 1.34. The molecule has 106 valence electrons. The molecule has 0 amide bonds. The van der Waals surface area contributed by atoms with E-state index in [2.05, 4.69) is 10.2 Å². The standard InChI is InChI=1S/C13H12F3N3O/c14-8-3-9(15)12(10(16)4-8)13-18-17-11-2-1-7(6-20)5-19(11)13/h3-4,7,20H,1-2,5-6H2. The van der Waals surface area contributed by atoms with E-state index in [1.165, 1.54) is 0 Å². The van der Waals surface area contributed by atoms with Crippen LogP contribution in [-0.2, 0) is 13.0 Å². The lowest BCUT2D eigenvalue weighted by Gasteiger charge is -2.22. The van der Waals surface area contributed by atoms with Crippen LogP contribution >= 0.6 is 0 Å². The number of hydrogen-bond acceptors (Lipinski definition) is 3. The highest BCUT2D eigenvalue weighted by molar-refractivity contribution is 5.57. The van der Waals surface area contributed by atoms with Crippen molar-refractivity contribution in [2.45, 2.75) is 19.4 Å². The number of benzene rings is 1. The van der Waals surface area contributed by atoms with Crippen LogP contribution in [-0.4, -0.2) is 26.5 Å². The van der Waals surface area contributed by atoms with E-state index in [-0.39, 0.29) is 23.9 Å². The lowest BCUT2D eigenvalue weighted by atomic mass is 10.00. The largest absolute Gasteiger partial charge is 0.396 e. The first-order chi connectivity index (χ1) is 9.60. The minimum atomic E-state index is -1.01. The Kier molecular flexibility index (Phi) is 3.21. The van der Waals surface area contributed by atoms with Crippen molar-refractivity contribution in [1.29, 1.82) is 0 Å². The van der Waals surface area contributed by atoms with Crippen molar-refractivity contribution in [2.75, 3.05) is 6.61 Å². The smallest absolute Gasteiger partial charge is 0.169 e. The first-order valence-electron chi connectivity index (χ1n) is 6.28. The third-order valence-corrected chi connectivity index (χ3v) is 3.53. The first-order valence-corrected chi connectivity index (χ1v) is 6.28. The summed E-state index contributed by atoms with van der Waals surface area (Å²) in [6, 6.07) is 1.23. The molecule has 0 bridgehead atoms. The van der Waals surface area contributed by atoms with Crippen LogP contribution in [0.1, 0.15) is 12.2 Å². The minimum absolute atomic E-state index is 0.00354. The minimum Gasteiger partial charge on any atom is -0.396 e. The van der Waals surface area contributed by atoms with Gasteiger partial charge in [-0.25, -0.2) is 13.2 Å². The quantitative estimate of drug-likeness (QED) is 0.916. The number of aromatic nitrogens is 3. The van der Waals surface area contributed by atoms with Gasteiger partial charge in [-0.3, -0.25) is 0 Å². The highest BCUT2D eigenvalue weighted by Gasteiger charge is 2.26. The van der Waals surface area contributed by atoms with Crippen molar-refractivity contribution in [3.63, 3.8) is 0 Å². The molecular weight excluding hydrogens is 271 g/mol. The fraction of sp³-hybridized carbons (Fsp3) is 0.385. The number of rotatable bonds is 2. The van der Waals surface area contributed by atoms with Crippen molar-refractivity contribution < 1.29 is 18.3 Å². The van der Waals surface area contributed by atoms with Crippen molar-refractivity contribution in [1.82, 2.24) is 14.8 Å². The van der Waals surface area contributed by atoms with Crippen LogP contribution in [0, 0.1) is 23.4 Å². The zero-order valence-corrected chi connectivity index (χ0v) is 10.5. The maximum Gasteiger partial charge on any atom is 0.169 e. The van der Waals surface area contributed by atoms with Crippen LogP contribution in [0.3, 0.4) is 0 Å². The molecule has 1 N–H and O–H groups in total. The van der Waals surface area contributed by atoms with Gasteiger partial charge < -0.3 is 9.67 Å². The Bertz CT molecular complexity index is 633. The fourth-order valence-electron chi connectivity index (χ4n) is 2.48. The van der Waals surface area contributed by atoms with Crippen molar-refractivity contribution in [3.8, 4) is 11.4 Å². The Balaban J connectivity index is 2.11. The number of fused-ring (bicyclic) bond motifs is 1. The molecule has 1 unspecified atom stereocenters. The second-order valence-electron chi connectivity index (χ2n) is 4.88. The van der Waals surface area contributed by atoms with Crippen LogP contribution in [0.4, 0.5) is 13.2 Å². The van der Waals surface area contributed by atoms with Gasteiger partial charge in [-0.15, -0.1) is 10.2 Å². The molecule has 1 aliphatic heterocycles. The molecule has 0 radical (unpaired) electrons. The predicted octanol–water partition coefficient (Wildman–Crippen LogP) is 1.92. The number of hydrogen-bond donors (Lipinski definition) is 1. The second kappa shape index (κ2) is 4.90. The second-order valence-corrected chi connectivity index (χ2v) is 4.88. The topological polar surface area (TPSA) is 50.9 Å². The van der Waals surface area contributed by atoms with Gasteiger partial charge in [0.15, 0.2) is 5.82 Å². The van der Waals surface area contributed by atoms with Crippen molar-refractivity contribution >= 4 is 0 Å². The Morgan fingerprint density at radius 3 is 2.55 bits per heavy atom. The van der Waals surface area contributed by atoms with Crippen molar-refractivity contribution in [3.05, 3.63) is 35.4 Å². The van der Waals surface area contributed by atoms with Gasteiger partial charge in [0.1, 0.15) is 23.3 Å². The summed E-state index contributed by atoms with van der Waals surface area (Å²) in [7, 11) is 0. The molecular formula is C13H12F3N3O. The van der Waals surface area contributed by atoms with E-state index in [0.717, 1.165) is 6.42 Å². The Hall–Kier alpha value is -1.89. The molecule has 2 heterocycles. The summed E-state index contributed by atoms with van der Waals surface area (Å²) in [5.41, 5.74) is -0.385. The van der Waals surface area contributed by atoms with E-state index >= 15 is 0 Å². The van der Waals surface area contributed by atoms with Gasteiger partial charge >= 0.3 is 0 Å². The van der Waals surface area contributed by atoms with E-state index in [1.54, 1.807) is 4.57 Å². The van der Waals surface area contributed by atoms with Crippen LogP contribution in [0.5, 0.6) is 0 Å². The van der Waals surface area contributed by atoms with Gasteiger partial charge in [0.2, 0.25) is 0 Å². The zero-order valence-electron chi connectivity index (χ0n) is 10.5. The number of aliphatic hydroxyl groups is 1. The first kappa shape index (κ1) is 13.1. The van der Waals surface area contributed by atoms with E-state index in [1.807, 2.05) is 0 Å². The molecule has 2 aromatic rings. The Morgan fingerprint density at radius 1 is 1.20 bits per heavy atom. The third-order valence-electron chi connectivity index (χ3n) is 3.53. The Labute approximate surface area is 112 Å². The molecule has 0 fully saturated rings.